The number of aryl methyl sites for hydroxylation is 1. The maximum Gasteiger partial charge on any atom is 0.368 e. The van der Waals surface area contributed by atoms with Gasteiger partial charge in [0.15, 0.2) is 5.58 Å². The van der Waals surface area contributed by atoms with Gasteiger partial charge in [0.2, 0.25) is 0 Å². The molecule has 120 valence electrons. The van der Waals surface area contributed by atoms with E-state index in [0.29, 0.717) is 16.7 Å². The molecule has 0 saturated carbocycles. The van der Waals surface area contributed by atoms with Crippen LogP contribution in [0.5, 0.6) is 0 Å². The standard InChI is InChI=1S/C16H13N5O2S/c1-20-16(22)21(19-18-20)13-8-4-2-6-11(13)10-24-15-17-12-7-3-5-9-14(12)23-15/h2-9H,10H2,1H3. The van der Waals surface area contributed by atoms with Crippen molar-refractivity contribution >= 4 is 22.9 Å². The molecule has 2 aromatic carbocycles. The lowest BCUT2D eigenvalue weighted by atomic mass is 10.2. The summed E-state index contributed by atoms with van der Waals surface area (Å²) in [5.41, 5.74) is 2.97. The van der Waals surface area contributed by atoms with Gasteiger partial charge in [-0.1, -0.05) is 42.1 Å². The van der Waals surface area contributed by atoms with Crippen LogP contribution in [0.2, 0.25) is 0 Å². The maximum atomic E-state index is 12.1. The van der Waals surface area contributed by atoms with E-state index in [1.807, 2.05) is 48.5 Å². The Bertz CT molecular complexity index is 1030. The first-order valence-electron chi connectivity index (χ1n) is 7.28. The first-order valence-corrected chi connectivity index (χ1v) is 8.26. The third kappa shape index (κ3) is 2.61. The lowest BCUT2D eigenvalue weighted by molar-refractivity contribution is 0.489. The average molecular weight is 339 g/mol. The molecule has 2 aromatic heterocycles. The molecule has 0 atom stereocenters. The molecule has 2 heterocycles. The Morgan fingerprint density at radius 3 is 2.67 bits per heavy atom. The van der Waals surface area contributed by atoms with E-state index in [9.17, 15) is 4.79 Å². The van der Waals surface area contributed by atoms with Crippen molar-refractivity contribution in [3.05, 3.63) is 64.6 Å². The smallest absolute Gasteiger partial charge is 0.368 e. The molecule has 0 unspecified atom stereocenters. The van der Waals surface area contributed by atoms with Crippen LogP contribution in [0.4, 0.5) is 0 Å². The number of hydrogen-bond donors (Lipinski definition) is 0. The predicted molar refractivity (Wildman–Crippen MR) is 90.2 cm³/mol. The minimum absolute atomic E-state index is 0.283. The number of tetrazole rings is 1. The summed E-state index contributed by atoms with van der Waals surface area (Å²) in [6, 6.07) is 15.2. The molecular weight excluding hydrogens is 326 g/mol. The Balaban J connectivity index is 1.63. The zero-order chi connectivity index (χ0) is 16.5. The minimum Gasteiger partial charge on any atom is -0.431 e. The number of rotatable bonds is 4. The largest absolute Gasteiger partial charge is 0.431 e. The summed E-state index contributed by atoms with van der Waals surface area (Å²) < 4.78 is 8.21. The van der Waals surface area contributed by atoms with Gasteiger partial charge in [-0.25, -0.2) is 9.78 Å². The van der Waals surface area contributed by atoms with Crippen LogP contribution in [0.3, 0.4) is 0 Å². The molecule has 8 heteroatoms. The van der Waals surface area contributed by atoms with E-state index in [2.05, 4.69) is 15.4 Å². The van der Waals surface area contributed by atoms with Crippen molar-refractivity contribution in [3.8, 4) is 5.69 Å². The van der Waals surface area contributed by atoms with Crippen LogP contribution in [-0.4, -0.2) is 24.8 Å². The highest BCUT2D eigenvalue weighted by Gasteiger charge is 2.12. The fraction of sp³-hybridized carbons (Fsp3) is 0.125. The van der Waals surface area contributed by atoms with Crippen LogP contribution in [-0.2, 0) is 12.8 Å². The number of para-hydroxylation sites is 3. The quantitative estimate of drug-likeness (QED) is 0.531. The topological polar surface area (TPSA) is 78.7 Å². The van der Waals surface area contributed by atoms with Crippen molar-refractivity contribution < 1.29 is 4.42 Å². The second-order valence-electron chi connectivity index (χ2n) is 5.16. The number of nitrogens with zero attached hydrogens (tertiary/aromatic N) is 5. The average Bonchev–Trinajstić information content (AvgIpc) is 3.17. The molecule has 4 aromatic rings. The predicted octanol–water partition coefficient (Wildman–Crippen LogP) is 2.40. The Morgan fingerprint density at radius 2 is 1.88 bits per heavy atom. The molecule has 7 nitrogen and oxygen atoms in total. The number of thioether (sulfide) groups is 1. The van der Waals surface area contributed by atoms with Crippen molar-refractivity contribution in [1.29, 1.82) is 0 Å². The van der Waals surface area contributed by atoms with Gasteiger partial charge >= 0.3 is 5.69 Å². The molecule has 0 amide bonds. The van der Waals surface area contributed by atoms with Crippen LogP contribution >= 0.6 is 11.8 Å². The zero-order valence-corrected chi connectivity index (χ0v) is 13.6. The van der Waals surface area contributed by atoms with E-state index in [4.69, 9.17) is 4.42 Å². The summed E-state index contributed by atoms with van der Waals surface area (Å²) >= 11 is 1.47. The Morgan fingerprint density at radius 1 is 1.08 bits per heavy atom. The van der Waals surface area contributed by atoms with Crippen molar-refractivity contribution in [2.45, 2.75) is 11.0 Å². The highest BCUT2D eigenvalue weighted by Crippen LogP contribution is 2.27. The van der Waals surface area contributed by atoms with Gasteiger partial charge < -0.3 is 4.42 Å². The van der Waals surface area contributed by atoms with Crippen molar-refractivity contribution in [1.82, 2.24) is 24.8 Å². The van der Waals surface area contributed by atoms with E-state index in [1.165, 1.54) is 21.1 Å². The number of oxazole rings is 1. The van der Waals surface area contributed by atoms with Gasteiger partial charge in [0.25, 0.3) is 5.22 Å². The van der Waals surface area contributed by atoms with Crippen LogP contribution in [0.25, 0.3) is 16.8 Å². The van der Waals surface area contributed by atoms with Gasteiger partial charge in [0, 0.05) is 12.8 Å². The van der Waals surface area contributed by atoms with Gasteiger partial charge in [-0.3, -0.25) is 0 Å². The van der Waals surface area contributed by atoms with Crippen LogP contribution < -0.4 is 5.69 Å². The molecule has 0 saturated heterocycles. The number of fused-ring (bicyclic) bond motifs is 1. The van der Waals surface area contributed by atoms with Gasteiger partial charge in [-0.15, -0.1) is 0 Å². The summed E-state index contributed by atoms with van der Waals surface area (Å²) in [6.45, 7) is 0. The number of aromatic nitrogens is 5. The third-order valence-corrected chi connectivity index (χ3v) is 4.44. The summed E-state index contributed by atoms with van der Waals surface area (Å²) in [5, 5.41) is 8.26. The van der Waals surface area contributed by atoms with Gasteiger partial charge in [-0.05, 0) is 34.2 Å². The van der Waals surface area contributed by atoms with Gasteiger partial charge in [0.05, 0.1) is 5.69 Å². The summed E-state index contributed by atoms with van der Waals surface area (Å²) in [7, 11) is 1.57. The van der Waals surface area contributed by atoms with Crippen LogP contribution in [0, 0.1) is 0 Å². The van der Waals surface area contributed by atoms with E-state index in [0.717, 1.165) is 16.7 Å². The van der Waals surface area contributed by atoms with Gasteiger partial charge in [-0.2, -0.15) is 9.36 Å². The van der Waals surface area contributed by atoms with E-state index < -0.39 is 0 Å². The molecule has 0 fully saturated rings. The highest BCUT2D eigenvalue weighted by atomic mass is 32.2. The van der Waals surface area contributed by atoms with Crippen molar-refractivity contribution in [2.75, 3.05) is 0 Å². The highest BCUT2D eigenvalue weighted by molar-refractivity contribution is 7.98. The molecule has 0 aliphatic carbocycles. The number of hydrogen-bond acceptors (Lipinski definition) is 6. The summed E-state index contributed by atoms with van der Waals surface area (Å²) in [6.07, 6.45) is 0. The molecule has 0 N–H and O–H groups in total. The second kappa shape index (κ2) is 5.97. The third-order valence-electron chi connectivity index (χ3n) is 3.57. The molecule has 0 aliphatic rings. The minimum atomic E-state index is -0.283. The van der Waals surface area contributed by atoms with E-state index >= 15 is 0 Å². The molecule has 0 aliphatic heterocycles. The first-order chi connectivity index (χ1) is 11.7. The maximum absolute atomic E-state index is 12.1. The molecule has 0 radical (unpaired) electrons. The fourth-order valence-corrected chi connectivity index (χ4v) is 3.19. The molecule has 24 heavy (non-hydrogen) atoms. The van der Waals surface area contributed by atoms with E-state index in [1.54, 1.807) is 7.05 Å². The van der Waals surface area contributed by atoms with Crippen LogP contribution in [0.1, 0.15) is 5.56 Å². The Kier molecular flexibility index (Phi) is 3.66. The normalized spacial score (nSPS) is 11.2. The van der Waals surface area contributed by atoms with Crippen molar-refractivity contribution in [2.24, 2.45) is 7.05 Å². The van der Waals surface area contributed by atoms with Crippen LogP contribution in [0.15, 0.2) is 63.0 Å². The monoisotopic (exact) mass is 339 g/mol. The fourth-order valence-electron chi connectivity index (χ4n) is 2.36. The molecular formula is C16H13N5O2S. The lowest BCUT2D eigenvalue weighted by Crippen LogP contribution is -2.22. The summed E-state index contributed by atoms with van der Waals surface area (Å²) in [4.78, 5) is 16.5. The summed E-state index contributed by atoms with van der Waals surface area (Å²) in [5.74, 6) is 0.603. The van der Waals surface area contributed by atoms with E-state index in [-0.39, 0.29) is 5.69 Å². The molecule has 0 spiro atoms. The Hall–Kier alpha value is -2.87. The first kappa shape index (κ1) is 14.7. The number of benzene rings is 2. The molecule has 0 bridgehead atoms. The Labute approximate surface area is 140 Å². The zero-order valence-electron chi connectivity index (χ0n) is 12.8. The van der Waals surface area contributed by atoms with Gasteiger partial charge in [0.1, 0.15) is 5.52 Å². The molecule has 4 rings (SSSR count). The SMILES string of the molecule is Cn1nnn(-c2ccccc2CSc2nc3ccccc3o2)c1=O. The van der Waals surface area contributed by atoms with Crippen molar-refractivity contribution in [3.63, 3.8) is 0 Å². The second-order valence-corrected chi connectivity index (χ2v) is 6.09. The lowest BCUT2D eigenvalue weighted by Gasteiger charge is -2.06.